The molecule has 0 fully saturated rings. The first-order valence-corrected chi connectivity index (χ1v) is 13.4. The normalized spacial score (nSPS) is 13.1. The van der Waals surface area contributed by atoms with Crippen molar-refractivity contribution < 1.29 is 34.0 Å². The van der Waals surface area contributed by atoms with Crippen LogP contribution in [0, 0.1) is 0 Å². The van der Waals surface area contributed by atoms with Gasteiger partial charge in [-0.3, -0.25) is 9.59 Å². The topological polar surface area (TPSA) is 102 Å². The van der Waals surface area contributed by atoms with Crippen molar-refractivity contribution in [2.45, 2.75) is 155 Å². The summed E-state index contributed by atoms with van der Waals surface area (Å²) in [4.78, 5) is 24.3. The minimum absolute atomic E-state index is 0.202. The van der Waals surface area contributed by atoms with Gasteiger partial charge in [0.05, 0.1) is 24.4 Å². The van der Waals surface area contributed by atoms with Gasteiger partial charge < -0.3 is 24.4 Å². The second-order valence-electron chi connectivity index (χ2n) is 12.3. The summed E-state index contributed by atoms with van der Waals surface area (Å²) in [6.45, 7) is 15.6. The summed E-state index contributed by atoms with van der Waals surface area (Å²) in [5.41, 5.74) is -2.51. The number of rotatable bonds is 20. The van der Waals surface area contributed by atoms with E-state index in [0.717, 1.165) is 51.4 Å². The Balaban J connectivity index is 3.97. The summed E-state index contributed by atoms with van der Waals surface area (Å²) in [6, 6.07) is 0. The zero-order valence-corrected chi connectivity index (χ0v) is 23.8. The van der Waals surface area contributed by atoms with Gasteiger partial charge in [-0.1, -0.05) is 25.7 Å². The lowest BCUT2D eigenvalue weighted by Gasteiger charge is -2.27. The van der Waals surface area contributed by atoms with Crippen molar-refractivity contribution in [1.29, 1.82) is 0 Å². The second kappa shape index (κ2) is 15.8. The van der Waals surface area contributed by atoms with Gasteiger partial charge in [0.25, 0.3) is 0 Å². The third kappa shape index (κ3) is 23.0. The summed E-state index contributed by atoms with van der Waals surface area (Å²) >= 11 is 0. The van der Waals surface area contributed by atoms with Crippen LogP contribution in [0.3, 0.4) is 0 Å². The number of aliphatic hydroxyl groups is 2. The molecule has 0 atom stereocenters. The number of carbonyl (C=O) groups is 2. The second-order valence-corrected chi connectivity index (χ2v) is 12.3. The first kappa shape index (κ1) is 33.8. The standard InChI is InChI=1S/C28H54O7/c1-25(2,31)17-13-9-11-15-23(29)34-27(5,6)19-21-33-22-20-28(7,8)35-24(30)16-12-10-14-18-26(3,4)32/h31-32H,9-22H2,1-8H3. The van der Waals surface area contributed by atoms with E-state index in [1.54, 1.807) is 27.7 Å². The Morgan fingerprint density at radius 2 is 0.886 bits per heavy atom. The quantitative estimate of drug-likeness (QED) is 0.158. The van der Waals surface area contributed by atoms with E-state index in [2.05, 4.69) is 0 Å². The van der Waals surface area contributed by atoms with E-state index in [-0.39, 0.29) is 11.9 Å². The lowest BCUT2D eigenvalue weighted by atomic mass is 10.0. The number of hydrogen-bond donors (Lipinski definition) is 2. The van der Waals surface area contributed by atoms with Crippen LogP contribution in [0.15, 0.2) is 0 Å². The SMILES string of the molecule is CC(C)(O)CCCCCC(=O)OC(C)(C)CCOCCC(C)(C)OC(=O)CCCCCC(C)(C)O. The molecule has 0 radical (unpaired) electrons. The maximum absolute atomic E-state index is 12.1. The van der Waals surface area contributed by atoms with Crippen molar-refractivity contribution in [1.82, 2.24) is 0 Å². The van der Waals surface area contributed by atoms with E-state index in [0.29, 0.717) is 38.9 Å². The smallest absolute Gasteiger partial charge is 0.306 e. The predicted octanol–water partition coefficient (Wildman–Crippen LogP) is 5.87. The Labute approximate surface area is 214 Å². The molecule has 0 aliphatic heterocycles. The van der Waals surface area contributed by atoms with Gasteiger partial charge >= 0.3 is 11.9 Å². The molecule has 0 aromatic carbocycles. The molecule has 7 heteroatoms. The van der Waals surface area contributed by atoms with Crippen LogP contribution in [0.5, 0.6) is 0 Å². The predicted molar refractivity (Wildman–Crippen MR) is 139 cm³/mol. The van der Waals surface area contributed by atoms with Gasteiger partial charge in [-0.05, 0) is 81.1 Å². The molecule has 0 unspecified atom stereocenters. The monoisotopic (exact) mass is 502 g/mol. The summed E-state index contributed by atoms with van der Waals surface area (Å²) in [5.74, 6) is -0.405. The van der Waals surface area contributed by atoms with Crippen molar-refractivity contribution in [2.75, 3.05) is 13.2 Å². The molecule has 0 heterocycles. The van der Waals surface area contributed by atoms with Gasteiger partial charge in [0.2, 0.25) is 0 Å². The van der Waals surface area contributed by atoms with Gasteiger partial charge in [-0.25, -0.2) is 0 Å². The molecule has 0 spiro atoms. The molecule has 7 nitrogen and oxygen atoms in total. The largest absolute Gasteiger partial charge is 0.460 e. The lowest BCUT2D eigenvalue weighted by Crippen LogP contribution is -2.31. The highest BCUT2D eigenvalue weighted by molar-refractivity contribution is 5.70. The Bertz CT molecular complexity index is 545. The van der Waals surface area contributed by atoms with Crippen LogP contribution in [0.4, 0.5) is 0 Å². The summed E-state index contributed by atoms with van der Waals surface area (Å²) in [6.07, 6.45) is 8.48. The highest BCUT2D eigenvalue weighted by Crippen LogP contribution is 2.20. The van der Waals surface area contributed by atoms with Crippen molar-refractivity contribution in [3.63, 3.8) is 0 Å². The number of hydrogen-bond acceptors (Lipinski definition) is 7. The van der Waals surface area contributed by atoms with Crippen LogP contribution in [0.25, 0.3) is 0 Å². The number of ether oxygens (including phenoxy) is 3. The third-order valence-corrected chi connectivity index (χ3v) is 5.82. The fourth-order valence-corrected chi connectivity index (χ4v) is 3.57. The van der Waals surface area contributed by atoms with Gasteiger partial charge in [0.15, 0.2) is 0 Å². The minimum Gasteiger partial charge on any atom is -0.460 e. The molecule has 0 aliphatic carbocycles. The van der Waals surface area contributed by atoms with Gasteiger partial charge in [0.1, 0.15) is 11.2 Å². The first-order chi connectivity index (χ1) is 15.9. The zero-order valence-electron chi connectivity index (χ0n) is 23.8. The zero-order chi connectivity index (χ0) is 27.2. The van der Waals surface area contributed by atoms with Crippen LogP contribution in [0.1, 0.15) is 132 Å². The number of esters is 2. The van der Waals surface area contributed by atoms with E-state index in [1.807, 2.05) is 27.7 Å². The Morgan fingerprint density at radius 3 is 1.20 bits per heavy atom. The van der Waals surface area contributed by atoms with Crippen molar-refractivity contribution in [3.05, 3.63) is 0 Å². The molecule has 35 heavy (non-hydrogen) atoms. The van der Waals surface area contributed by atoms with Gasteiger partial charge in [-0.15, -0.1) is 0 Å². The molecule has 0 saturated carbocycles. The van der Waals surface area contributed by atoms with Crippen molar-refractivity contribution in [3.8, 4) is 0 Å². The average Bonchev–Trinajstić information content (AvgIpc) is 2.64. The van der Waals surface area contributed by atoms with E-state index in [1.165, 1.54) is 0 Å². The van der Waals surface area contributed by atoms with Gasteiger partial charge in [0, 0.05) is 25.7 Å². The molecular formula is C28H54O7. The minimum atomic E-state index is -0.655. The molecule has 0 saturated heterocycles. The molecule has 208 valence electrons. The molecule has 0 aromatic heterocycles. The molecule has 0 rings (SSSR count). The van der Waals surface area contributed by atoms with E-state index in [4.69, 9.17) is 14.2 Å². The van der Waals surface area contributed by atoms with Crippen LogP contribution in [-0.4, -0.2) is 57.8 Å². The van der Waals surface area contributed by atoms with E-state index < -0.39 is 22.4 Å². The Morgan fingerprint density at radius 1 is 0.543 bits per heavy atom. The van der Waals surface area contributed by atoms with Crippen LogP contribution in [0.2, 0.25) is 0 Å². The highest BCUT2D eigenvalue weighted by atomic mass is 16.6. The highest BCUT2D eigenvalue weighted by Gasteiger charge is 2.25. The number of carbonyl (C=O) groups excluding carboxylic acids is 2. The molecule has 0 aliphatic rings. The lowest BCUT2D eigenvalue weighted by molar-refractivity contribution is -0.158. The van der Waals surface area contributed by atoms with Crippen LogP contribution >= 0.6 is 0 Å². The molecule has 0 aromatic rings. The Kier molecular flexibility index (Phi) is 15.3. The molecule has 0 bridgehead atoms. The summed E-state index contributed by atoms with van der Waals surface area (Å²) in [5, 5.41) is 19.4. The fourth-order valence-electron chi connectivity index (χ4n) is 3.57. The number of unbranched alkanes of at least 4 members (excludes halogenated alkanes) is 4. The van der Waals surface area contributed by atoms with E-state index in [9.17, 15) is 19.8 Å². The fraction of sp³-hybridized carbons (Fsp3) is 0.929. The van der Waals surface area contributed by atoms with Gasteiger partial charge in [-0.2, -0.15) is 0 Å². The first-order valence-electron chi connectivity index (χ1n) is 13.4. The third-order valence-electron chi connectivity index (χ3n) is 5.82. The molecular weight excluding hydrogens is 448 g/mol. The van der Waals surface area contributed by atoms with E-state index >= 15 is 0 Å². The van der Waals surface area contributed by atoms with Crippen LogP contribution in [-0.2, 0) is 23.8 Å². The van der Waals surface area contributed by atoms with Crippen molar-refractivity contribution in [2.24, 2.45) is 0 Å². The Hall–Kier alpha value is -1.18. The maximum Gasteiger partial charge on any atom is 0.306 e. The van der Waals surface area contributed by atoms with Crippen molar-refractivity contribution >= 4 is 11.9 Å². The molecule has 0 amide bonds. The maximum atomic E-state index is 12.1. The summed E-state index contributed by atoms with van der Waals surface area (Å²) < 4.78 is 16.9. The molecule has 2 N–H and O–H groups in total. The summed E-state index contributed by atoms with van der Waals surface area (Å²) in [7, 11) is 0. The average molecular weight is 503 g/mol. The van der Waals surface area contributed by atoms with Crippen LogP contribution < -0.4 is 0 Å².